The van der Waals surface area contributed by atoms with E-state index in [1.807, 2.05) is 6.92 Å². The van der Waals surface area contributed by atoms with Crippen molar-refractivity contribution in [1.29, 1.82) is 0 Å². The van der Waals surface area contributed by atoms with Crippen molar-refractivity contribution in [3.63, 3.8) is 0 Å². The molecular weight excluding hydrogens is 520 g/mol. The molecule has 1 aromatic heterocycles. The molecule has 0 radical (unpaired) electrons. The number of rotatable bonds is 4. The minimum Gasteiger partial charge on any atom is -0.472 e. The number of fused-ring (bicyclic) bond motifs is 4. The predicted octanol–water partition coefficient (Wildman–Crippen LogP) is 3.30. The van der Waals surface area contributed by atoms with Crippen LogP contribution in [-0.4, -0.2) is 64.4 Å². The minimum atomic E-state index is -1.53. The van der Waals surface area contributed by atoms with Crippen molar-refractivity contribution < 1.29 is 47.6 Å². The van der Waals surface area contributed by atoms with Crippen LogP contribution in [0.4, 0.5) is 0 Å². The van der Waals surface area contributed by atoms with Crippen molar-refractivity contribution in [2.24, 2.45) is 28.1 Å². The Morgan fingerprint density at radius 1 is 1.07 bits per heavy atom. The topological polar surface area (TPSA) is 131 Å². The van der Waals surface area contributed by atoms with Gasteiger partial charge in [0.05, 0.1) is 31.0 Å². The maximum Gasteiger partial charge on any atom is 0.306 e. The van der Waals surface area contributed by atoms with E-state index in [0.29, 0.717) is 24.8 Å². The predicted molar refractivity (Wildman–Crippen MR) is 133 cm³/mol. The number of aliphatic hydroxyl groups is 1. The summed E-state index contributed by atoms with van der Waals surface area (Å²) in [5.74, 6) is -3.40. The van der Waals surface area contributed by atoms with Crippen molar-refractivity contribution >= 4 is 17.7 Å². The van der Waals surface area contributed by atoms with Crippen molar-refractivity contribution in [3.05, 3.63) is 24.2 Å². The van der Waals surface area contributed by atoms with Crippen molar-refractivity contribution in [1.82, 2.24) is 0 Å². The second-order valence-corrected chi connectivity index (χ2v) is 14.5. The molecule has 8 rings (SSSR count). The Balaban J connectivity index is 1.43. The first-order valence-corrected chi connectivity index (χ1v) is 14.3. The van der Waals surface area contributed by atoms with Crippen LogP contribution in [0.1, 0.15) is 83.0 Å². The van der Waals surface area contributed by atoms with Gasteiger partial charge in [0.15, 0.2) is 11.9 Å². The van der Waals surface area contributed by atoms with E-state index in [1.165, 1.54) is 19.6 Å². The molecule has 1 N–H and O–H groups in total. The normalized spacial score (nSPS) is 56.5. The Kier molecular flexibility index (Phi) is 4.36. The van der Waals surface area contributed by atoms with Crippen LogP contribution in [-0.2, 0) is 33.3 Å². The van der Waals surface area contributed by atoms with Gasteiger partial charge in [-0.2, -0.15) is 0 Å². The lowest BCUT2D eigenvalue weighted by Gasteiger charge is -2.67. The number of hydrogen-bond donors (Lipinski definition) is 1. The summed E-state index contributed by atoms with van der Waals surface area (Å²) in [6.07, 6.45) is 3.78. The standard InChI is InChI=1S/C30H36O10/c1-23-13-27(34)15-28(14-23)25(3,17(23)10-19(31)35-5)29-8-7-24(2,21(33)16-6-9-36-12-16)18-11-20(32)37-22(27)30(18,29)40-26(4,38-28)39-29/h6,9,12,17-18,22,34H,7-8,10-11,13-15H2,1-5H3. The second kappa shape index (κ2) is 6.85. The smallest absolute Gasteiger partial charge is 0.306 e. The maximum absolute atomic E-state index is 14.2. The Hall–Kier alpha value is -2.27. The number of hydrogen-bond acceptors (Lipinski definition) is 10. The summed E-state index contributed by atoms with van der Waals surface area (Å²) in [5.41, 5.74) is -6.95. The van der Waals surface area contributed by atoms with Gasteiger partial charge in [-0.05, 0) is 43.1 Å². The first-order valence-electron chi connectivity index (χ1n) is 14.3. The monoisotopic (exact) mass is 556 g/mol. The highest BCUT2D eigenvalue weighted by molar-refractivity contribution is 6.01. The molecule has 11 atom stereocenters. The van der Waals surface area contributed by atoms with Crippen LogP contribution in [0.15, 0.2) is 23.0 Å². The number of furan rings is 1. The van der Waals surface area contributed by atoms with Gasteiger partial charge >= 0.3 is 11.9 Å². The number of ether oxygens (including phenoxy) is 5. The largest absolute Gasteiger partial charge is 0.472 e. The lowest BCUT2D eigenvalue weighted by molar-refractivity contribution is -0.446. The van der Waals surface area contributed by atoms with E-state index in [4.69, 9.17) is 28.1 Å². The van der Waals surface area contributed by atoms with Crippen LogP contribution >= 0.6 is 0 Å². The number of methoxy groups -OCH3 is 1. The van der Waals surface area contributed by atoms with E-state index < -0.39 is 62.6 Å². The van der Waals surface area contributed by atoms with Gasteiger partial charge in [-0.3, -0.25) is 14.4 Å². The third-order valence-electron chi connectivity index (χ3n) is 12.7. The quantitative estimate of drug-likeness (QED) is 0.435. The summed E-state index contributed by atoms with van der Waals surface area (Å²) in [6.45, 7) is 7.84. The van der Waals surface area contributed by atoms with Gasteiger partial charge in [-0.25, -0.2) is 0 Å². The summed E-state index contributed by atoms with van der Waals surface area (Å²) >= 11 is 0. The van der Waals surface area contributed by atoms with E-state index in [2.05, 4.69) is 13.8 Å². The molecule has 10 heteroatoms. The lowest BCUT2D eigenvalue weighted by atomic mass is 9.41. The van der Waals surface area contributed by atoms with E-state index in [1.54, 1.807) is 13.0 Å². The van der Waals surface area contributed by atoms with Gasteiger partial charge in [0.25, 0.3) is 5.97 Å². The Morgan fingerprint density at radius 2 is 1.85 bits per heavy atom. The van der Waals surface area contributed by atoms with E-state index in [0.717, 1.165) is 0 Å². The van der Waals surface area contributed by atoms with Gasteiger partial charge in [0.1, 0.15) is 23.1 Å². The second-order valence-electron chi connectivity index (χ2n) is 14.5. The Bertz CT molecular complexity index is 1370. The molecule has 1 aromatic rings. The fraction of sp³-hybridized carbons (Fsp3) is 0.767. The third-order valence-corrected chi connectivity index (χ3v) is 12.7. The molecule has 3 aliphatic heterocycles. The lowest BCUT2D eigenvalue weighted by Crippen LogP contribution is -2.81. The third kappa shape index (κ3) is 2.37. The number of carbonyl (C=O) groups is 3. The summed E-state index contributed by atoms with van der Waals surface area (Å²) in [6, 6.07) is 1.64. The molecule has 0 aromatic carbocycles. The Labute approximate surface area is 232 Å². The highest BCUT2D eigenvalue weighted by Gasteiger charge is 2.96. The Morgan fingerprint density at radius 3 is 2.55 bits per heavy atom. The molecule has 3 spiro atoms. The molecule has 0 amide bonds. The first kappa shape index (κ1) is 25.4. The zero-order valence-corrected chi connectivity index (χ0v) is 23.5. The molecule has 10 nitrogen and oxygen atoms in total. The minimum absolute atomic E-state index is 0.0735. The van der Waals surface area contributed by atoms with E-state index >= 15 is 0 Å². The summed E-state index contributed by atoms with van der Waals surface area (Å²) in [4.78, 5) is 40.6. The highest BCUT2D eigenvalue weighted by Crippen LogP contribution is 2.86. The van der Waals surface area contributed by atoms with Crippen LogP contribution in [0.25, 0.3) is 0 Å². The average Bonchev–Trinajstić information content (AvgIpc) is 3.51. The maximum atomic E-state index is 14.2. The van der Waals surface area contributed by atoms with Crippen LogP contribution in [0.3, 0.4) is 0 Å². The zero-order valence-electron chi connectivity index (χ0n) is 23.5. The molecule has 4 aliphatic carbocycles. The fourth-order valence-corrected chi connectivity index (χ4v) is 11.8. The molecule has 216 valence electrons. The molecule has 7 aliphatic rings. The number of carbonyl (C=O) groups excluding carboxylic acids is 3. The van der Waals surface area contributed by atoms with Crippen LogP contribution < -0.4 is 0 Å². The first-order chi connectivity index (χ1) is 18.7. The fourth-order valence-electron chi connectivity index (χ4n) is 11.8. The van der Waals surface area contributed by atoms with Crippen molar-refractivity contribution in [2.75, 3.05) is 7.11 Å². The SMILES string of the molecule is COC(=O)CC1C2(C)CC3(O)CC4(C2)OC2(C)OC56C3OC(=O)CC5C(C)(C(=O)c3ccoc3)CCC6(O2)C14C. The number of ketones is 1. The number of esters is 2. The van der Waals surface area contributed by atoms with Crippen LogP contribution in [0, 0.1) is 28.1 Å². The summed E-state index contributed by atoms with van der Waals surface area (Å²) < 4.78 is 37.5. The molecule has 5 bridgehead atoms. The molecule has 3 saturated heterocycles. The molecule has 11 unspecified atom stereocenters. The zero-order chi connectivity index (χ0) is 28.4. The molecule has 4 heterocycles. The van der Waals surface area contributed by atoms with Gasteiger partial charge in [-0.1, -0.05) is 20.8 Å². The van der Waals surface area contributed by atoms with Gasteiger partial charge in [0, 0.05) is 36.5 Å². The molecular formula is C30H36O10. The van der Waals surface area contributed by atoms with Crippen LogP contribution in [0.5, 0.6) is 0 Å². The highest BCUT2D eigenvalue weighted by atomic mass is 16.9. The summed E-state index contributed by atoms with van der Waals surface area (Å²) in [5, 5.41) is 12.7. The van der Waals surface area contributed by atoms with Gasteiger partial charge < -0.3 is 33.2 Å². The van der Waals surface area contributed by atoms with E-state index in [9.17, 15) is 19.5 Å². The van der Waals surface area contributed by atoms with E-state index in [-0.39, 0.29) is 43.4 Å². The van der Waals surface area contributed by atoms with Gasteiger partial charge in [0.2, 0.25) is 0 Å². The van der Waals surface area contributed by atoms with Crippen LogP contribution in [0.2, 0.25) is 0 Å². The molecule has 4 saturated carbocycles. The molecule has 40 heavy (non-hydrogen) atoms. The number of Topliss-reactive ketones (excluding diaryl/α,β-unsaturated/α-hetero) is 1. The van der Waals surface area contributed by atoms with Crippen molar-refractivity contribution in [2.45, 2.75) is 107 Å². The average molecular weight is 557 g/mol. The molecule has 7 fully saturated rings. The summed E-state index contributed by atoms with van der Waals surface area (Å²) in [7, 11) is 1.38. The van der Waals surface area contributed by atoms with Crippen molar-refractivity contribution in [3.8, 4) is 0 Å². The van der Waals surface area contributed by atoms with Gasteiger partial charge in [-0.15, -0.1) is 0 Å².